The lowest BCUT2D eigenvalue weighted by atomic mass is 10.0. The number of hydrogen-bond donors (Lipinski definition) is 3. The van der Waals surface area contributed by atoms with E-state index in [4.69, 9.17) is 0 Å². The average Bonchev–Trinajstić information content (AvgIpc) is 2.38. The Hall–Kier alpha value is -1.59. The molecule has 0 radical (unpaired) electrons. The van der Waals surface area contributed by atoms with E-state index in [1.54, 1.807) is 12.1 Å². The Morgan fingerprint density at radius 3 is 2.81 bits per heavy atom. The Bertz CT molecular complexity index is 500. The van der Waals surface area contributed by atoms with Gasteiger partial charge in [0.25, 0.3) is 0 Å². The van der Waals surface area contributed by atoms with E-state index in [1.807, 2.05) is 13.0 Å². The van der Waals surface area contributed by atoms with Crippen LogP contribution in [0.15, 0.2) is 18.2 Å². The van der Waals surface area contributed by atoms with Crippen LogP contribution in [-0.4, -0.2) is 42.1 Å². The number of nitrogens with one attached hydrogen (secondary N) is 2. The summed E-state index contributed by atoms with van der Waals surface area (Å²) in [5.41, 5.74) is 1.59. The van der Waals surface area contributed by atoms with E-state index in [9.17, 15) is 9.90 Å². The molecule has 21 heavy (non-hydrogen) atoms. The van der Waals surface area contributed by atoms with Crippen LogP contribution >= 0.6 is 0 Å². The largest absolute Gasteiger partial charge is 0.508 e. The molecule has 2 rings (SSSR count). The first-order valence-corrected chi connectivity index (χ1v) is 7.58. The van der Waals surface area contributed by atoms with E-state index in [2.05, 4.69) is 29.5 Å². The van der Waals surface area contributed by atoms with Crippen molar-refractivity contribution in [1.82, 2.24) is 10.2 Å². The van der Waals surface area contributed by atoms with E-state index >= 15 is 0 Å². The summed E-state index contributed by atoms with van der Waals surface area (Å²) in [6, 6.07) is 5.86. The number of anilines is 1. The predicted molar refractivity (Wildman–Crippen MR) is 84.5 cm³/mol. The molecule has 3 N–H and O–H groups in total. The molecule has 0 bridgehead atoms. The lowest BCUT2D eigenvalue weighted by Crippen LogP contribution is -2.56. The third kappa shape index (κ3) is 3.74. The maximum absolute atomic E-state index is 11.7. The third-order valence-electron chi connectivity index (χ3n) is 4.19. The van der Waals surface area contributed by atoms with Crippen LogP contribution < -0.4 is 10.6 Å². The summed E-state index contributed by atoms with van der Waals surface area (Å²) >= 11 is 0. The maximum atomic E-state index is 11.7. The fraction of sp³-hybridized carbons (Fsp3) is 0.562. The number of hydrogen-bond acceptors (Lipinski definition) is 4. The second-order valence-corrected chi connectivity index (χ2v) is 5.73. The molecule has 0 aromatic heterocycles. The number of phenols is 1. The molecule has 116 valence electrons. The second-order valence-electron chi connectivity index (χ2n) is 5.73. The molecule has 0 spiro atoms. The van der Waals surface area contributed by atoms with Gasteiger partial charge in [-0.25, -0.2) is 0 Å². The first-order valence-electron chi connectivity index (χ1n) is 7.58. The number of amides is 1. The standard InChI is InChI=1S/C16H25N3O2/c1-4-5-16(21)18-12-6-7-15(20)14(8-12)11(2)19(3)13-9-17-10-13/h6-8,11,13,17,20H,4-5,9-10H2,1-3H3,(H,18,21). The molecule has 1 fully saturated rings. The van der Waals surface area contributed by atoms with Crippen LogP contribution in [0.3, 0.4) is 0 Å². The van der Waals surface area contributed by atoms with Crippen molar-refractivity contribution in [1.29, 1.82) is 0 Å². The summed E-state index contributed by atoms with van der Waals surface area (Å²) in [5.74, 6) is 0.286. The molecule has 0 aliphatic carbocycles. The van der Waals surface area contributed by atoms with Crippen molar-refractivity contribution in [2.24, 2.45) is 0 Å². The van der Waals surface area contributed by atoms with Crippen LogP contribution in [0.5, 0.6) is 5.75 Å². The molecule has 1 heterocycles. The van der Waals surface area contributed by atoms with Crippen molar-refractivity contribution in [3.8, 4) is 5.75 Å². The normalized spacial score (nSPS) is 16.6. The molecular formula is C16H25N3O2. The fourth-order valence-electron chi connectivity index (χ4n) is 2.51. The van der Waals surface area contributed by atoms with Crippen LogP contribution in [0.1, 0.15) is 38.3 Å². The average molecular weight is 291 g/mol. The Kier molecular flexibility index (Phi) is 5.20. The predicted octanol–water partition coefficient (Wildman–Crippen LogP) is 2.10. The zero-order valence-electron chi connectivity index (χ0n) is 13.0. The molecule has 1 aromatic carbocycles. The summed E-state index contributed by atoms with van der Waals surface area (Å²) in [6.45, 7) is 6.01. The number of carbonyl (C=O) groups is 1. The highest BCUT2D eigenvalue weighted by molar-refractivity contribution is 5.90. The minimum Gasteiger partial charge on any atom is -0.508 e. The number of rotatable bonds is 6. The first kappa shape index (κ1) is 15.8. The third-order valence-corrected chi connectivity index (χ3v) is 4.19. The Labute approximate surface area is 126 Å². The highest BCUT2D eigenvalue weighted by Crippen LogP contribution is 2.31. The van der Waals surface area contributed by atoms with Crippen LogP contribution in [0.2, 0.25) is 0 Å². The molecule has 1 aliphatic rings. The molecule has 1 unspecified atom stereocenters. The van der Waals surface area contributed by atoms with Gasteiger partial charge >= 0.3 is 0 Å². The molecule has 1 saturated heterocycles. The van der Waals surface area contributed by atoms with Gasteiger partial charge < -0.3 is 15.7 Å². The van der Waals surface area contributed by atoms with Gasteiger partial charge in [0.2, 0.25) is 5.91 Å². The Morgan fingerprint density at radius 1 is 1.52 bits per heavy atom. The number of benzene rings is 1. The van der Waals surface area contributed by atoms with Gasteiger partial charge in [0.05, 0.1) is 0 Å². The molecular weight excluding hydrogens is 266 g/mol. The van der Waals surface area contributed by atoms with Gasteiger partial charge in [-0.2, -0.15) is 0 Å². The van der Waals surface area contributed by atoms with Gasteiger partial charge in [-0.15, -0.1) is 0 Å². The van der Waals surface area contributed by atoms with Crippen LogP contribution in [0.4, 0.5) is 5.69 Å². The topological polar surface area (TPSA) is 64.6 Å². The van der Waals surface area contributed by atoms with E-state index in [1.165, 1.54) is 0 Å². The van der Waals surface area contributed by atoms with Crippen LogP contribution in [0, 0.1) is 0 Å². The van der Waals surface area contributed by atoms with Gasteiger partial charge in [0, 0.05) is 42.8 Å². The lowest BCUT2D eigenvalue weighted by molar-refractivity contribution is -0.116. The van der Waals surface area contributed by atoms with Crippen LogP contribution in [-0.2, 0) is 4.79 Å². The Balaban J connectivity index is 2.12. The summed E-state index contributed by atoms with van der Waals surface area (Å²) in [5, 5.41) is 16.2. The molecule has 1 atom stereocenters. The molecule has 0 saturated carbocycles. The van der Waals surface area contributed by atoms with E-state index in [0.29, 0.717) is 12.5 Å². The Morgan fingerprint density at radius 2 is 2.24 bits per heavy atom. The summed E-state index contributed by atoms with van der Waals surface area (Å²) in [6.07, 6.45) is 1.34. The van der Waals surface area contributed by atoms with Crippen molar-refractivity contribution < 1.29 is 9.90 Å². The zero-order chi connectivity index (χ0) is 15.4. The van der Waals surface area contributed by atoms with Gasteiger partial charge in [0.1, 0.15) is 5.75 Å². The van der Waals surface area contributed by atoms with Gasteiger partial charge in [-0.1, -0.05) is 6.92 Å². The van der Waals surface area contributed by atoms with E-state index < -0.39 is 0 Å². The monoisotopic (exact) mass is 291 g/mol. The van der Waals surface area contributed by atoms with Crippen molar-refractivity contribution in [3.05, 3.63) is 23.8 Å². The highest BCUT2D eigenvalue weighted by Gasteiger charge is 2.27. The van der Waals surface area contributed by atoms with Gasteiger partial charge in [0.15, 0.2) is 0 Å². The van der Waals surface area contributed by atoms with E-state index in [-0.39, 0.29) is 17.7 Å². The van der Waals surface area contributed by atoms with Crippen molar-refractivity contribution >= 4 is 11.6 Å². The summed E-state index contributed by atoms with van der Waals surface area (Å²) in [7, 11) is 2.07. The molecule has 1 aromatic rings. The number of nitrogens with zero attached hydrogens (tertiary/aromatic N) is 1. The first-order chi connectivity index (χ1) is 10.0. The molecule has 1 amide bonds. The smallest absolute Gasteiger partial charge is 0.224 e. The van der Waals surface area contributed by atoms with Crippen molar-refractivity contribution in [3.63, 3.8) is 0 Å². The minimum absolute atomic E-state index is 0.0124. The quantitative estimate of drug-likeness (QED) is 0.702. The van der Waals surface area contributed by atoms with Crippen molar-refractivity contribution in [2.75, 3.05) is 25.5 Å². The number of carbonyl (C=O) groups excluding carboxylic acids is 1. The highest BCUT2D eigenvalue weighted by atomic mass is 16.3. The maximum Gasteiger partial charge on any atom is 0.224 e. The number of aromatic hydroxyl groups is 1. The zero-order valence-corrected chi connectivity index (χ0v) is 13.0. The molecule has 1 aliphatic heterocycles. The van der Waals surface area contributed by atoms with Crippen molar-refractivity contribution in [2.45, 2.75) is 38.8 Å². The number of phenolic OH excluding ortho intramolecular Hbond substituents is 1. The number of likely N-dealkylation sites (N-methyl/N-ethyl adjacent to an activating group) is 1. The minimum atomic E-state index is 0.0124. The van der Waals surface area contributed by atoms with Crippen LogP contribution in [0.25, 0.3) is 0 Å². The fourth-order valence-corrected chi connectivity index (χ4v) is 2.51. The second kappa shape index (κ2) is 6.91. The SMILES string of the molecule is CCCC(=O)Nc1ccc(O)c(C(C)N(C)C2CNC2)c1. The van der Waals surface area contributed by atoms with Gasteiger partial charge in [-0.3, -0.25) is 9.69 Å². The van der Waals surface area contributed by atoms with Gasteiger partial charge in [-0.05, 0) is 38.6 Å². The lowest BCUT2D eigenvalue weighted by Gasteiger charge is -2.39. The molecule has 5 nitrogen and oxygen atoms in total. The summed E-state index contributed by atoms with van der Waals surface area (Å²) < 4.78 is 0. The molecule has 5 heteroatoms. The van der Waals surface area contributed by atoms with E-state index in [0.717, 1.165) is 30.8 Å². The summed E-state index contributed by atoms with van der Waals surface area (Å²) in [4.78, 5) is 13.9.